The number of nitrogens with one attached hydrogen (secondary N) is 1. The summed E-state index contributed by atoms with van der Waals surface area (Å²) in [7, 11) is 0. The predicted octanol–water partition coefficient (Wildman–Crippen LogP) is 2.28. The first-order valence-corrected chi connectivity index (χ1v) is 7.78. The molecular weight excluding hydrogens is 323 g/mol. The van der Waals surface area contributed by atoms with Crippen LogP contribution in [0.1, 0.15) is 0 Å². The third-order valence-electron chi connectivity index (χ3n) is 3.49. The molecule has 2 heterocycles. The molecule has 1 aromatic carbocycles. The Bertz CT molecular complexity index is 819. The van der Waals surface area contributed by atoms with Crippen LogP contribution in [0.5, 0.6) is 5.75 Å². The summed E-state index contributed by atoms with van der Waals surface area (Å²) in [5.74, 6) is -0.140. The quantitative estimate of drug-likeness (QED) is 0.716. The highest BCUT2D eigenvalue weighted by Crippen LogP contribution is 2.16. The smallest absolute Gasteiger partial charge is 0.258 e. The van der Waals surface area contributed by atoms with E-state index in [4.69, 9.17) is 4.74 Å². The van der Waals surface area contributed by atoms with Crippen LogP contribution in [0, 0.1) is 5.82 Å². The fourth-order valence-corrected chi connectivity index (χ4v) is 2.22. The topological polar surface area (TPSA) is 69.0 Å². The number of carbonyl (C=O) groups is 1. The molecule has 25 heavy (non-hydrogen) atoms. The van der Waals surface area contributed by atoms with E-state index in [1.807, 2.05) is 18.3 Å². The van der Waals surface area contributed by atoms with Crippen molar-refractivity contribution >= 4 is 5.91 Å². The van der Waals surface area contributed by atoms with Crippen LogP contribution >= 0.6 is 0 Å². The van der Waals surface area contributed by atoms with Gasteiger partial charge in [0.15, 0.2) is 6.61 Å². The van der Waals surface area contributed by atoms with Crippen molar-refractivity contribution in [3.8, 4) is 16.9 Å². The summed E-state index contributed by atoms with van der Waals surface area (Å²) in [5.41, 5.74) is 2.03. The highest BCUT2D eigenvalue weighted by molar-refractivity contribution is 5.77. The lowest BCUT2D eigenvalue weighted by Crippen LogP contribution is -2.31. The van der Waals surface area contributed by atoms with Gasteiger partial charge < -0.3 is 10.1 Å². The van der Waals surface area contributed by atoms with E-state index in [1.54, 1.807) is 23.3 Å². The number of halogens is 1. The van der Waals surface area contributed by atoms with Crippen LogP contribution in [0.25, 0.3) is 11.1 Å². The maximum atomic E-state index is 12.8. The highest BCUT2D eigenvalue weighted by atomic mass is 19.1. The first-order chi connectivity index (χ1) is 12.2. The Labute approximate surface area is 144 Å². The molecule has 0 unspecified atom stereocenters. The van der Waals surface area contributed by atoms with Crippen LogP contribution in [-0.2, 0) is 11.3 Å². The molecule has 6 nitrogen and oxygen atoms in total. The van der Waals surface area contributed by atoms with E-state index < -0.39 is 0 Å². The van der Waals surface area contributed by atoms with Gasteiger partial charge in [-0.15, -0.1) is 0 Å². The van der Waals surface area contributed by atoms with E-state index in [0.717, 1.165) is 11.1 Å². The number of hydrogen-bond donors (Lipinski definition) is 1. The third kappa shape index (κ3) is 4.87. The SMILES string of the molecule is O=C(COc1ccc(F)cc1)NCCn1cc(-c2ccncc2)cn1. The summed E-state index contributed by atoms with van der Waals surface area (Å²) in [4.78, 5) is 15.7. The van der Waals surface area contributed by atoms with Crippen molar-refractivity contribution in [2.24, 2.45) is 0 Å². The van der Waals surface area contributed by atoms with Gasteiger partial charge in [0.2, 0.25) is 0 Å². The molecule has 7 heteroatoms. The van der Waals surface area contributed by atoms with Crippen molar-refractivity contribution in [1.29, 1.82) is 0 Å². The number of benzene rings is 1. The van der Waals surface area contributed by atoms with Gasteiger partial charge in [0.05, 0.1) is 12.7 Å². The average molecular weight is 340 g/mol. The van der Waals surface area contributed by atoms with E-state index in [-0.39, 0.29) is 18.3 Å². The number of nitrogens with zero attached hydrogens (tertiary/aromatic N) is 3. The Hall–Kier alpha value is -3.22. The number of pyridine rings is 1. The lowest BCUT2D eigenvalue weighted by atomic mass is 10.1. The second-order valence-electron chi connectivity index (χ2n) is 5.32. The molecule has 0 saturated heterocycles. The third-order valence-corrected chi connectivity index (χ3v) is 3.49. The molecule has 3 rings (SSSR count). The van der Waals surface area contributed by atoms with Gasteiger partial charge in [0.1, 0.15) is 11.6 Å². The maximum Gasteiger partial charge on any atom is 0.258 e. The number of amides is 1. The maximum absolute atomic E-state index is 12.8. The molecule has 2 aromatic heterocycles. The van der Waals surface area contributed by atoms with Gasteiger partial charge in [-0.2, -0.15) is 5.10 Å². The predicted molar refractivity (Wildman–Crippen MR) is 90.4 cm³/mol. The zero-order valence-electron chi connectivity index (χ0n) is 13.4. The first kappa shape index (κ1) is 16.6. The van der Waals surface area contributed by atoms with Crippen molar-refractivity contribution in [2.45, 2.75) is 6.54 Å². The number of ether oxygens (including phenoxy) is 1. The lowest BCUT2D eigenvalue weighted by molar-refractivity contribution is -0.123. The standard InChI is InChI=1S/C18H17FN4O2/c19-16-1-3-17(4-2-16)25-13-18(24)21-9-10-23-12-15(11-22-23)14-5-7-20-8-6-14/h1-8,11-12H,9-10,13H2,(H,21,24). The largest absolute Gasteiger partial charge is 0.484 e. The van der Waals surface area contributed by atoms with Crippen LogP contribution in [0.4, 0.5) is 4.39 Å². The van der Waals surface area contributed by atoms with Crippen LogP contribution < -0.4 is 10.1 Å². The Morgan fingerprint density at radius 2 is 1.88 bits per heavy atom. The van der Waals surface area contributed by atoms with E-state index in [2.05, 4.69) is 15.4 Å². The molecule has 0 bridgehead atoms. The van der Waals surface area contributed by atoms with E-state index in [9.17, 15) is 9.18 Å². The van der Waals surface area contributed by atoms with Crippen molar-refractivity contribution < 1.29 is 13.9 Å². The minimum Gasteiger partial charge on any atom is -0.484 e. The van der Waals surface area contributed by atoms with Crippen molar-refractivity contribution in [1.82, 2.24) is 20.1 Å². The summed E-state index contributed by atoms with van der Waals surface area (Å²) in [6.07, 6.45) is 7.15. The van der Waals surface area contributed by atoms with Crippen molar-refractivity contribution in [2.75, 3.05) is 13.2 Å². The van der Waals surface area contributed by atoms with Crippen LogP contribution in [0.2, 0.25) is 0 Å². The van der Waals surface area contributed by atoms with Gasteiger partial charge in [0, 0.05) is 30.7 Å². The normalized spacial score (nSPS) is 10.4. The molecule has 3 aromatic rings. The van der Waals surface area contributed by atoms with Crippen LogP contribution in [-0.4, -0.2) is 33.8 Å². The van der Waals surface area contributed by atoms with Crippen LogP contribution in [0.3, 0.4) is 0 Å². The molecule has 0 aliphatic carbocycles. The molecule has 0 spiro atoms. The van der Waals surface area contributed by atoms with Crippen molar-refractivity contribution in [3.05, 3.63) is 67.0 Å². The Balaban J connectivity index is 1.41. The van der Waals surface area contributed by atoms with E-state index in [1.165, 1.54) is 24.3 Å². The molecule has 1 N–H and O–H groups in total. The summed E-state index contributed by atoms with van der Waals surface area (Å²) >= 11 is 0. The summed E-state index contributed by atoms with van der Waals surface area (Å²) < 4.78 is 19.8. The number of rotatable bonds is 7. The minimum atomic E-state index is -0.345. The molecule has 0 aliphatic heterocycles. The molecule has 0 radical (unpaired) electrons. The zero-order valence-corrected chi connectivity index (χ0v) is 13.4. The number of hydrogen-bond acceptors (Lipinski definition) is 4. The molecule has 0 atom stereocenters. The van der Waals surface area contributed by atoms with Gasteiger partial charge in [0.25, 0.3) is 5.91 Å². The van der Waals surface area contributed by atoms with Gasteiger partial charge >= 0.3 is 0 Å². The Morgan fingerprint density at radius 3 is 2.64 bits per heavy atom. The number of aromatic nitrogens is 3. The molecular formula is C18H17FN4O2. The van der Waals surface area contributed by atoms with E-state index in [0.29, 0.717) is 18.8 Å². The summed E-state index contributed by atoms with van der Waals surface area (Å²) in [5, 5.41) is 7.02. The monoisotopic (exact) mass is 340 g/mol. The molecule has 0 aliphatic rings. The van der Waals surface area contributed by atoms with Crippen molar-refractivity contribution in [3.63, 3.8) is 0 Å². The van der Waals surface area contributed by atoms with Gasteiger partial charge in [-0.25, -0.2) is 4.39 Å². The Morgan fingerprint density at radius 1 is 1.12 bits per heavy atom. The molecule has 1 amide bonds. The highest BCUT2D eigenvalue weighted by Gasteiger charge is 2.04. The lowest BCUT2D eigenvalue weighted by Gasteiger charge is -2.07. The van der Waals surface area contributed by atoms with Gasteiger partial charge in [-0.3, -0.25) is 14.5 Å². The van der Waals surface area contributed by atoms with Gasteiger partial charge in [-0.05, 0) is 42.0 Å². The fourth-order valence-electron chi connectivity index (χ4n) is 2.22. The Kier molecular flexibility index (Phi) is 5.36. The minimum absolute atomic E-state index is 0.118. The zero-order chi connectivity index (χ0) is 17.5. The summed E-state index contributed by atoms with van der Waals surface area (Å²) in [6.45, 7) is 0.865. The molecule has 0 fully saturated rings. The first-order valence-electron chi connectivity index (χ1n) is 7.78. The second kappa shape index (κ2) is 8.05. The second-order valence-corrected chi connectivity index (χ2v) is 5.32. The molecule has 128 valence electrons. The summed E-state index contributed by atoms with van der Waals surface area (Å²) in [6, 6.07) is 9.35. The fraction of sp³-hybridized carbons (Fsp3) is 0.167. The van der Waals surface area contributed by atoms with E-state index >= 15 is 0 Å². The number of carbonyl (C=O) groups excluding carboxylic acids is 1. The molecule has 0 saturated carbocycles. The average Bonchev–Trinajstić information content (AvgIpc) is 3.11. The van der Waals surface area contributed by atoms with Crippen LogP contribution in [0.15, 0.2) is 61.2 Å². The van der Waals surface area contributed by atoms with Gasteiger partial charge in [-0.1, -0.05) is 0 Å².